The standard InChI is InChI=1S/C12H15BrN2O3/c1-3-9(11(16)17)14-12(18)15-10-5-4-8(13)6-7(10)2/h4-6,9H,3H2,1-2H3,(H,16,17)(H2,14,15,18). The molecule has 1 atom stereocenters. The van der Waals surface area contributed by atoms with E-state index in [-0.39, 0.29) is 0 Å². The Morgan fingerprint density at radius 3 is 2.61 bits per heavy atom. The van der Waals surface area contributed by atoms with Crippen molar-refractivity contribution in [1.82, 2.24) is 5.32 Å². The first-order valence-corrected chi connectivity index (χ1v) is 6.29. The minimum Gasteiger partial charge on any atom is -0.480 e. The number of rotatable bonds is 4. The van der Waals surface area contributed by atoms with E-state index in [0.29, 0.717) is 12.1 Å². The van der Waals surface area contributed by atoms with E-state index in [9.17, 15) is 9.59 Å². The van der Waals surface area contributed by atoms with Gasteiger partial charge in [-0.3, -0.25) is 0 Å². The molecule has 0 bridgehead atoms. The molecule has 0 spiro atoms. The highest BCUT2D eigenvalue weighted by molar-refractivity contribution is 9.10. The Hall–Kier alpha value is -1.56. The summed E-state index contributed by atoms with van der Waals surface area (Å²) in [6, 6.07) is 4.03. The van der Waals surface area contributed by atoms with Crippen molar-refractivity contribution in [2.24, 2.45) is 0 Å². The lowest BCUT2D eigenvalue weighted by molar-refractivity contribution is -0.139. The topological polar surface area (TPSA) is 78.4 Å². The maximum absolute atomic E-state index is 11.6. The molecule has 0 heterocycles. The molecule has 18 heavy (non-hydrogen) atoms. The van der Waals surface area contributed by atoms with E-state index in [1.165, 1.54) is 0 Å². The van der Waals surface area contributed by atoms with Gasteiger partial charge in [0.25, 0.3) is 0 Å². The molecule has 0 saturated heterocycles. The Morgan fingerprint density at radius 1 is 1.44 bits per heavy atom. The van der Waals surface area contributed by atoms with E-state index >= 15 is 0 Å². The first-order valence-electron chi connectivity index (χ1n) is 5.50. The predicted octanol–water partition coefficient (Wildman–Crippen LogP) is 2.74. The second kappa shape index (κ2) is 6.39. The molecule has 1 aromatic carbocycles. The normalized spacial score (nSPS) is 11.7. The van der Waals surface area contributed by atoms with Crippen molar-refractivity contribution >= 4 is 33.6 Å². The quantitative estimate of drug-likeness (QED) is 0.799. The van der Waals surface area contributed by atoms with Gasteiger partial charge in [-0.15, -0.1) is 0 Å². The highest BCUT2D eigenvalue weighted by Crippen LogP contribution is 2.19. The van der Waals surface area contributed by atoms with Crippen LogP contribution in [0.2, 0.25) is 0 Å². The maximum Gasteiger partial charge on any atom is 0.326 e. The third-order valence-corrected chi connectivity index (χ3v) is 2.94. The van der Waals surface area contributed by atoms with Crippen LogP contribution in [0, 0.1) is 6.92 Å². The number of nitrogens with one attached hydrogen (secondary N) is 2. The highest BCUT2D eigenvalue weighted by atomic mass is 79.9. The zero-order chi connectivity index (χ0) is 13.7. The minimum absolute atomic E-state index is 0.335. The number of benzene rings is 1. The van der Waals surface area contributed by atoms with Gasteiger partial charge in [0.1, 0.15) is 6.04 Å². The number of hydrogen-bond acceptors (Lipinski definition) is 2. The van der Waals surface area contributed by atoms with Crippen LogP contribution in [0.25, 0.3) is 0 Å². The fraction of sp³-hybridized carbons (Fsp3) is 0.333. The molecule has 0 aliphatic rings. The molecule has 0 aromatic heterocycles. The molecular formula is C12H15BrN2O3. The van der Waals surface area contributed by atoms with Crippen LogP contribution in [0.1, 0.15) is 18.9 Å². The first kappa shape index (κ1) is 14.5. The number of carbonyl (C=O) groups is 2. The molecule has 98 valence electrons. The first-order chi connectivity index (χ1) is 8.43. The Bertz CT molecular complexity index is 463. The van der Waals surface area contributed by atoms with Crippen molar-refractivity contribution in [3.8, 4) is 0 Å². The van der Waals surface area contributed by atoms with Crippen molar-refractivity contribution in [2.75, 3.05) is 5.32 Å². The average molecular weight is 315 g/mol. The molecule has 0 fully saturated rings. The fourth-order valence-electron chi connectivity index (χ4n) is 1.42. The van der Waals surface area contributed by atoms with Gasteiger partial charge in [0.2, 0.25) is 0 Å². The fourth-order valence-corrected chi connectivity index (χ4v) is 1.90. The SMILES string of the molecule is CCC(NC(=O)Nc1ccc(Br)cc1C)C(=O)O. The van der Waals surface area contributed by atoms with Gasteiger partial charge in [-0.05, 0) is 37.1 Å². The number of aryl methyl sites for hydroxylation is 1. The van der Waals surface area contributed by atoms with Crippen LogP contribution in [0.4, 0.5) is 10.5 Å². The van der Waals surface area contributed by atoms with Gasteiger partial charge in [0.15, 0.2) is 0 Å². The molecule has 3 N–H and O–H groups in total. The van der Waals surface area contributed by atoms with E-state index in [2.05, 4.69) is 26.6 Å². The number of anilines is 1. The second-order valence-corrected chi connectivity index (χ2v) is 4.77. The van der Waals surface area contributed by atoms with E-state index < -0.39 is 18.0 Å². The zero-order valence-corrected chi connectivity index (χ0v) is 11.7. The van der Waals surface area contributed by atoms with Gasteiger partial charge in [-0.1, -0.05) is 22.9 Å². The van der Waals surface area contributed by atoms with Gasteiger partial charge >= 0.3 is 12.0 Å². The molecule has 1 aromatic rings. The number of hydrogen-bond donors (Lipinski definition) is 3. The van der Waals surface area contributed by atoms with Crippen molar-refractivity contribution in [3.05, 3.63) is 28.2 Å². The molecule has 2 amide bonds. The molecule has 5 nitrogen and oxygen atoms in total. The molecule has 6 heteroatoms. The van der Waals surface area contributed by atoms with Crippen molar-refractivity contribution in [2.45, 2.75) is 26.3 Å². The summed E-state index contributed by atoms with van der Waals surface area (Å²) >= 11 is 3.33. The summed E-state index contributed by atoms with van der Waals surface area (Å²) in [6.07, 6.45) is 0.335. The van der Waals surface area contributed by atoms with E-state index in [1.54, 1.807) is 19.1 Å². The lowest BCUT2D eigenvalue weighted by Crippen LogP contribution is -2.42. The molecule has 0 saturated carbocycles. The lowest BCUT2D eigenvalue weighted by atomic mass is 10.2. The number of urea groups is 1. The van der Waals surface area contributed by atoms with Gasteiger partial charge in [-0.2, -0.15) is 0 Å². The van der Waals surface area contributed by atoms with Crippen molar-refractivity contribution in [3.63, 3.8) is 0 Å². The molecular weight excluding hydrogens is 300 g/mol. The van der Waals surface area contributed by atoms with E-state index in [0.717, 1.165) is 10.0 Å². The van der Waals surface area contributed by atoms with Crippen molar-refractivity contribution < 1.29 is 14.7 Å². The molecule has 0 radical (unpaired) electrons. The number of carboxylic acids is 1. The Balaban J connectivity index is 2.67. The average Bonchev–Trinajstić information content (AvgIpc) is 2.29. The Kier molecular flexibility index (Phi) is 5.15. The number of carbonyl (C=O) groups excluding carboxylic acids is 1. The third kappa shape index (κ3) is 4.03. The zero-order valence-electron chi connectivity index (χ0n) is 10.2. The minimum atomic E-state index is -1.04. The van der Waals surface area contributed by atoms with E-state index in [4.69, 9.17) is 5.11 Å². The summed E-state index contributed by atoms with van der Waals surface area (Å²) in [4.78, 5) is 22.4. The molecule has 0 aliphatic carbocycles. The van der Waals surface area contributed by atoms with Gasteiger partial charge in [-0.25, -0.2) is 9.59 Å². The predicted molar refractivity (Wildman–Crippen MR) is 72.7 cm³/mol. The number of carboxylic acid groups (broad SMARTS) is 1. The molecule has 1 rings (SSSR count). The highest BCUT2D eigenvalue weighted by Gasteiger charge is 2.17. The van der Waals surface area contributed by atoms with Crippen LogP contribution in [-0.2, 0) is 4.79 Å². The number of halogens is 1. The third-order valence-electron chi connectivity index (χ3n) is 2.45. The van der Waals surface area contributed by atoms with Crippen LogP contribution in [0.3, 0.4) is 0 Å². The smallest absolute Gasteiger partial charge is 0.326 e. The van der Waals surface area contributed by atoms with Crippen LogP contribution >= 0.6 is 15.9 Å². The maximum atomic E-state index is 11.6. The summed E-state index contributed by atoms with van der Waals surface area (Å²) in [6.45, 7) is 3.55. The van der Waals surface area contributed by atoms with Crippen LogP contribution in [0.15, 0.2) is 22.7 Å². The monoisotopic (exact) mass is 314 g/mol. The number of aliphatic carboxylic acids is 1. The summed E-state index contributed by atoms with van der Waals surface area (Å²) < 4.78 is 0.919. The Labute approximate surface area is 114 Å². The van der Waals surface area contributed by atoms with Gasteiger partial charge in [0.05, 0.1) is 0 Å². The van der Waals surface area contributed by atoms with E-state index in [1.807, 2.05) is 13.0 Å². The second-order valence-electron chi connectivity index (χ2n) is 3.86. The van der Waals surface area contributed by atoms with Crippen LogP contribution in [0.5, 0.6) is 0 Å². The summed E-state index contributed by atoms with van der Waals surface area (Å²) in [7, 11) is 0. The van der Waals surface area contributed by atoms with Gasteiger partial charge < -0.3 is 15.7 Å². The Morgan fingerprint density at radius 2 is 2.11 bits per heavy atom. The summed E-state index contributed by atoms with van der Waals surface area (Å²) in [5, 5.41) is 13.8. The van der Waals surface area contributed by atoms with Gasteiger partial charge in [0, 0.05) is 10.2 Å². The summed E-state index contributed by atoms with van der Waals surface area (Å²) in [5.41, 5.74) is 1.54. The van der Waals surface area contributed by atoms with Crippen LogP contribution in [-0.4, -0.2) is 23.1 Å². The van der Waals surface area contributed by atoms with Crippen LogP contribution < -0.4 is 10.6 Å². The molecule has 0 aliphatic heterocycles. The van der Waals surface area contributed by atoms with Crippen molar-refractivity contribution in [1.29, 1.82) is 0 Å². The number of amides is 2. The summed E-state index contributed by atoms with van der Waals surface area (Å²) in [5.74, 6) is -1.04. The lowest BCUT2D eigenvalue weighted by Gasteiger charge is -2.14. The molecule has 1 unspecified atom stereocenters. The largest absolute Gasteiger partial charge is 0.480 e.